The summed E-state index contributed by atoms with van der Waals surface area (Å²) in [5.74, 6) is -1.27. The van der Waals surface area contributed by atoms with E-state index in [1.54, 1.807) is 12.2 Å². The molecule has 0 aromatic carbocycles. The molecule has 11 nitrogen and oxygen atoms in total. The van der Waals surface area contributed by atoms with Crippen LogP contribution in [0.1, 0.15) is 245 Å². The molecule has 0 bridgehead atoms. The minimum Gasteiger partial charge on any atom is -0.454 e. The van der Waals surface area contributed by atoms with E-state index in [2.05, 4.69) is 62.5 Å². The molecule has 0 aromatic heterocycles. The Morgan fingerprint density at radius 1 is 0.549 bits per heavy atom. The number of allylic oxidation sites excluding steroid dienone is 8. The van der Waals surface area contributed by atoms with E-state index in [1.165, 1.54) is 128 Å². The molecule has 71 heavy (non-hydrogen) atoms. The summed E-state index contributed by atoms with van der Waals surface area (Å²) in [6.45, 7) is 5.69. The molecule has 1 saturated heterocycles. The number of rotatable bonds is 48. The number of amides is 1. The zero-order valence-electron chi connectivity index (χ0n) is 45.3. The number of aliphatic hydroxyl groups excluding tert-OH is 5. The van der Waals surface area contributed by atoms with Crippen molar-refractivity contribution in [3.05, 3.63) is 60.8 Å². The second kappa shape index (κ2) is 48.3. The second-order valence-electron chi connectivity index (χ2n) is 20.0. The van der Waals surface area contributed by atoms with E-state index in [0.29, 0.717) is 12.8 Å². The van der Waals surface area contributed by atoms with E-state index < -0.39 is 67.4 Å². The molecule has 0 aliphatic carbocycles. The van der Waals surface area contributed by atoms with Gasteiger partial charge >= 0.3 is 5.97 Å². The van der Waals surface area contributed by atoms with Crippen LogP contribution in [0.2, 0.25) is 0 Å². The van der Waals surface area contributed by atoms with Gasteiger partial charge in [0.1, 0.15) is 24.4 Å². The maximum Gasteiger partial charge on any atom is 0.306 e. The molecule has 412 valence electrons. The molecule has 11 heteroatoms. The predicted molar refractivity (Wildman–Crippen MR) is 292 cm³/mol. The molecule has 8 atom stereocenters. The summed E-state index contributed by atoms with van der Waals surface area (Å²) in [5.41, 5.74) is 0. The molecule has 6 N–H and O–H groups in total. The number of carbonyl (C=O) groups excluding carboxylic acids is 2. The fourth-order valence-corrected chi connectivity index (χ4v) is 8.72. The minimum atomic E-state index is -1.62. The molecule has 1 aliphatic heterocycles. The van der Waals surface area contributed by atoms with Crippen molar-refractivity contribution in [1.29, 1.82) is 0 Å². The lowest BCUT2D eigenvalue weighted by molar-refractivity contribution is -0.305. The molecular formula is C60H107NO10. The van der Waals surface area contributed by atoms with Gasteiger partial charge in [0.05, 0.1) is 25.4 Å². The lowest BCUT2D eigenvalue weighted by Gasteiger charge is -2.41. The van der Waals surface area contributed by atoms with Gasteiger partial charge in [0, 0.05) is 12.8 Å². The Hall–Kier alpha value is -2.64. The Labute approximate surface area is 433 Å². The summed E-state index contributed by atoms with van der Waals surface area (Å²) in [4.78, 5) is 26.4. The number of carbonyl (C=O) groups is 2. The van der Waals surface area contributed by atoms with Crippen LogP contribution in [-0.4, -0.2) is 99.6 Å². The highest BCUT2D eigenvalue weighted by molar-refractivity contribution is 5.81. The van der Waals surface area contributed by atoms with Crippen molar-refractivity contribution in [2.45, 2.75) is 294 Å². The molecule has 0 aromatic rings. The second-order valence-corrected chi connectivity index (χ2v) is 20.0. The molecule has 0 spiro atoms. The molecule has 1 rings (SSSR count). The van der Waals surface area contributed by atoms with Crippen LogP contribution in [-0.2, 0) is 23.8 Å². The van der Waals surface area contributed by atoms with Gasteiger partial charge in [-0.1, -0.05) is 223 Å². The van der Waals surface area contributed by atoms with Gasteiger partial charge in [-0.05, 0) is 70.6 Å². The van der Waals surface area contributed by atoms with Crippen LogP contribution in [0.25, 0.3) is 0 Å². The number of nitrogens with one attached hydrogen (secondary N) is 1. The lowest BCUT2D eigenvalue weighted by atomic mass is 9.99. The Morgan fingerprint density at radius 3 is 1.46 bits per heavy atom. The Morgan fingerprint density at radius 2 is 0.972 bits per heavy atom. The third kappa shape index (κ3) is 36.9. The van der Waals surface area contributed by atoms with Crippen molar-refractivity contribution in [3.8, 4) is 0 Å². The highest BCUT2D eigenvalue weighted by Gasteiger charge is 2.47. The number of aliphatic hydroxyl groups is 5. The topological polar surface area (TPSA) is 175 Å². The summed E-state index contributed by atoms with van der Waals surface area (Å²) in [7, 11) is 0. The summed E-state index contributed by atoms with van der Waals surface area (Å²) in [5, 5.41) is 56.6. The minimum absolute atomic E-state index is 0.0808. The van der Waals surface area contributed by atoms with Crippen LogP contribution >= 0.6 is 0 Å². The van der Waals surface area contributed by atoms with Gasteiger partial charge < -0.3 is 45.1 Å². The van der Waals surface area contributed by atoms with Gasteiger partial charge in [-0.15, -0.1) is 0 Å². The molecule has 0 radical (unpaired) electrons. The first-order valence-corrected chi connectivity index (χ1v) is 29.1. The van der Waals surface area contributed by atoms with Gasteiger partial charge in [0.15, 0.2) is 12.4 Å². The maximum atomic E-state index is 13.3. The van der Waals surface area contributed by atoms with Crippen molar-refractivity contribution in [2.24, 2.45) is 0 Å². The van der Waals surface area contributed by atoms with E-state index in [1.807, 2.05) is 12.2 Å². The fraction of sp³-hybridized carbons (Fsp3) is 0.800. The van der Waals surface area contributed by atoms with E-state index in [-0.39, 0.29) is 19.4 Å². The standard InChI is InChI=1S/C60H107NO10/c1-4-7-10-13-16-19-22-24-25-26-27-28-29-30-33-36-39-42-45-48-55(65)71-58-57(67)56(66)54(49-62)70-60(58)69-50-51(52(63)46-43-40-37-34-31-21-18-15-12-9-6-3)61-59(68)53(64)47-44-41-38-35-32-23-20-17-14-11-8-5-2/h16,19,24-25,32,35,41,43-44,46,51-54,56-58,60,62-64,66-67H,4-15,17-18,20-23,26-31,33-34,36-40,42,45,47-50H2,1-3H3,(H,61,68)/b19-16-,25-24-,35-32-,44-41+,46-43+. The summed E-state index contributed by atoms with van der Waals surface area (Å²) in [6, 6.07) is -1.05. The summed E-state index contributed by atoms with van der Waals surface area (Å²) < 4.78 is 17.5. The van der Waals surface area contributed by atoms with Crippen LogP contribution in [0.15, 0.2) is 60.8 Å². The molecule has 1 amide bonds. The first-order chi connectivity index (χ1) is 34.7. The van der Waals surface area contributed by atoms with E-state index in [4.69, 9.17) is 14.2 Å². The lowest BCUT2D eigenvalue weighted by Crippen LogP contribution is -2.61. The van der Waals surface area contributed by atoms with Crippen molar-refractivity contribution in [3.63, 3.8) is 0 Å². The van der Waals surface area contributed by atoms with Crippen molar-refractivity contribution in [2.75, 3.05) is 13.2 Å². The average molecular weight is 1000 g/mol. The number of unbranched alkanes of at least 4 members (excludes halogenated alkanes) is 27. The molecular weight excluding hydrogens is 895 g/mol. The highest BCUT2D eigenvalue weighted by atomic mass is 16.7. The molecule has 8 unspecified atom stereocenters. The largest absolute Gasteiger partial charge is 0.454 e. The van der Waals surface area contributed by atoms with Crippen LogP contribution in [0.3, 0.4) is 0 Å². The number of hydrogen-bond donors (Lipinski definition) is 6. The quantitative estimate of drug-likeness (QED) is 0.0196. The molecule has 1 aliphatic rings. The van der Waals surface area contributed by atoms with E-state index in [0.717, 1.165) is 70.6 Å². The van der Waals surface area contributed by atoms with Crippen LogP contribution in [0.4, 0.5) is 0 Å². The number of ether oxygens (including phenoxy) is 3. The maximum absolute atomic E-state index is 13.3. The first-order valence-electron chi connectivity index (χ1n) is 29.1. The Balaban J connectivity index is 2.71. The van der Waals surface area contributed by atoms with Gasteiger partial charge in [0.2, 0.25) is 5.91 Å². The van der Waals surface area contributed by atoms with Crippen LogP contribution < -0.4 is 5.32 Å². The van der Waals surface area contributed by atoms with Crippen molar-refractivity contribution < 1.29 is 49.3 Å². The van der Waals surface area contributed by atoms with Crippen LogP contribution in [0.5, 0.6) is 0 Å². The van der Waals surface area contributed by atoms with Gasteiger partial charge in [0.25, 0.3) is 0 Å². The number of hydrogen-bond acceptors (Lipinski definition) is 10. The monoisotopic (exact) mass is 1000 g/mol. The van der Waals surface area contributed by atoms with Crippen molar-refractivity contribution in [1.82, 2.24) is 5.32 Å². The third-order valence-corrected chi connectivity index (χ3v) is 13.4. The summed E-state index contributed by atoms with van der Waals surface area (Å²) >= 11 is 0. The molecule has 0 saturated carbocycles. The predicted octanol–water partition coefficient (Wildman–Crippen LogP) is 13.1. The zero-order valence-corrected chi connectivity index (χ0v) is 45.3. The highest BCUT2D eigenvalue weighted by Crippen LogP contribution is 2.26. The van der Waals surface area contributed by atoms with E-state index >= 15 is 0 Å². The third-order valence-electron chi connectivity index (χ3n) is 13.4. The van der Waals surface area contributed by atoms with E-state index in [9.17, 15) is 35.1 Å². The smallest absolute Gasteiger partial charge is 0.306 e. The SMILES string of the molecule is CCCCC/C=C\C/C=C\CCCCCCCCCCCC(=O)OC1C(OCC(NC(=O)C(O)C/C=C/C/C=C\CCCCCCCC)C(O)/C=C/CCCCCCCCCCC)OC(CO)C(O)C1O. The summed E-state index contributed by atoms with van der Waals surface area (Å²) in [6.07, 6.45) is 48.6. The Kier molecular flexibility index (Phi) is 45.2. The average Bonchev–Trinajstić information content (AvgIpc) is 3.37. The number of esters is 1. The fourth-order valence-electron chi connectivity index (χ4n) is 8.72. The zero-order chi connectivity index (χ0) is 51.8. The van der Waals surface area contributed by atoms with Crippen LogP contribution in [0, 0.1) is 0 Å². The Bertz CT molecular complexity index is 1380. The van der Waals surface area contributed by atoms with Gasteiger partial charge in [-0.2, -0.15) is 0 Å². The normalized spacial score (nSPS) is 20.0. The molecule has 1 heterocycles. The van der Waals surface area contributed by atoms with Gasteiger partial charge in [-0.3, -0.25) is 9.59 Å². The van der Waals surface area contributed by atoms with Gasteiger partial charge in [-0.25, -0.2) is 0 Å². The first kappa shape index (κ1) is 66.4. The van der Waals surface area contributed by atoms with Crippen molar-refractivity contribution >= 4 is 11.9 Å². The molecule has 1 fully saturated rings.